The van der Waals surface area contributed by atoms with E-state index in [2.05, 4.69) is 12.2 Å². The van der Waals surface area contributed by atoms with E-state index in [0.717, 1.165) is 31.6 Å². The minimum atomic E-state index is -0.175. The van der Waals surface area contributed by atoms with Gasteiger partial charge in [0.15, 0.2) is 0 Å². The summed E-state index contributed by atoms with van der Waals surface area (Å²) in [5, 5.41) is 3.14. The lowest BCUT2D eigenvalue weighted by Gasteiger charge is -2.17. The van der Waals surface area contributed by atoms with E-state index in [1.165, 1.54) is 6.42 Å². The summed E-state index contributed by atoms with van der Waals surface area (Å²) in [6, 6.07) is 0.418. The van der Waals surface area contributed by atoms with Gasteiger partial charge in [0.25, 0.3) is 0 Å². The minimum absolute atomic E-state index is 0.175. The van der Waals surface area contributed by atoms with Crippen molar-refractivity contribution in [1.82, 2.24) is 5.32 Å². The Morgan fingerprint density at radius 3 is 2.64 bits per heavy atom. The molecule has 80 valence electrons. The van der Waals surface area contributed by atoms with Crippen LogP contribution in [0.3, 0.4) is 0 Å². The first-order valence-corrected chi connectivity index (χ1v) is 5.67. The van der Waals surface area contributed by atoms with E-state index in [1.807, 2.05) is 0 Å². The topological polar surface area (TPSA) is 55.1 Å². The molecule has 2 fully saturated rings. The molecule has 0 radical (unpaired) electrons. The van der Waals surface area contributed by atoms with Crippen LogP contribution in [0.25, 0.3) is 0 Å². The predicted octanol–water partition coefficient (Wildman–Crippen LogP) is 1.03. The zero-order valence-electron chi connectivity index (χ0n) is 8.88. The van der Waals surface area contributed by atoms with Gasteiger partial charge in [-0.1, -0.05) is 6.92 Å². The third-order valence-electron chi connectivity index (χ3n) is 3.76. The number of carbonyl (C=O) groups is 1. The highest BCUT2D eigenvalue weighted by Gasteiger charge is 2.49. The van der Waals surface area contributed by atoms with Crippen LogP contribution in [0.5, 0.6) is 0 Å². The standard InChI is InChI=1S/C11H20N2O/c1-8-2-3-9(6-8)13-10(14)11(7-12)4-5-11/h8-9H,2-7,12H2,1H3,(H,13,14). The molecule has 1 amide bonds. The number of hydrogen-bond acceptors (Lipinski definition) is 2. The molecule has 2 rings (SSSR count). The van der Waals surface area contributed by atoms with Crippen molar-refractivity contribution in [1.29, 1.82) is 0 Å². The van der Waals surface area contributed by atoms with Crippen molar-refractivity contribution >= 4 is 5.91 Å². The first-order valence-electron chi connectivity index (χ1n) is 5.67. The largest absolute Gasteiger partial charge is 0.353 e. The average molecular weight is 196 g/mol. The third-order valence-corrected chi connectivity index (χ3v) is 3.76. The summed E-state index contributed by atoms with van der Waals surface area (Å²) in [4.78, 5) is 11.8. The summed E-state index contributed by atoms with van der Waals surface area (Å²) in [6.45, 7) is 2.77. The summed E-state index contributed by atoms with van der Waals surface area (Å²) in [6.07, 6.45) is 5.51. The molecule has 2 unspecified atom stereocenters. The molecule has 3 heteroatoms. The first-order chi connectivity index (χ1) is 6.66. The Labute approximate surface area is 85.4 Å². The van der Waals surface area contributed by atoms with Gasteiger partial charge in [0, 0.05) is 12.6 Å². The van der Waals surface area contributed by atoms with E-state index in [9.17, 15) is 4.79 Å². The highest BCUT2D eigenvalue weighted by atomic mass is 16.2. The Hall–Kier alpha value is -0.570. The second-order valence-electron chi connectivity index (χ2n) is 5.07. The van der Waals surface area contributed by atoms with E-state index in [0.29, 0.717) is 12.6 Å². The fourth-order valence-electron chi connectivity index (χ4n) is 2.35. The van der Waals surface area contributed by atoms with E-state index in [1.54, 1.807) is 0 Å². The maximum absolute atomic E-state index is 11.8. The number of nitrogens with two attached hydrogens (primary N) is 1. The fourth-order valence-corrected chi connectivity index (χ4v) is 2.35. The molecule has 14 heavy (non-hydrogen) atoms. The first kappa shape index (κ1) is 9.97. The van der Waals surface area contributed by atoms with Crippen molar-refractivity contribution in [3.63, 3.8) is 0 Å². The molecule has 0 bridgehead atoms. The third kappa shape index (κ3) is 1.78. The van der Waals surface area contributed by atoms with Crippen LogP contribution in [-0.2, 0) is 4.79 Å². The summed E-state index contributed by atoms with van der Waals surface area (Å²) in [7, 11) is 0. The van der Waals surface area contributed by atoms with E-state index in [-0.39, 0.29) is 11.3 Å². The van der Waals surface area contributed by atoms with Crippen molar-refractivity contribution in [3.05, 3.63) is 0 Å². The lowest BCUT2D eigenvalue weighted by Crippen LogP contribution is -2.41. The highest BCUT2D eigenvalue weighted by Crippen LogP contribution is 2.45. The molecule has 0 aromatic carbocycles. The number of nitrogens with one attached hydrogen (secondary N) is 1. The zero-order valence-corrected chi connectivity index (χ0v) is 8.88. The molecule has 3 N–H and O–H groups in total. The Bertz CT molecular complexity index is 235. The second kappa shape index (κ2) is 3.54. The fraction of sp³-hybridized carbons (Fsp3) is 0.909. The van der Waals surface area contributed by atoms with Crippen molar-refractivity contribution in [2.45, 2.75) is 45.1 Å². The highest BCUT2D eigenvalue weighted by molar-refractivity contribution is 5.85. The smallest absolute Gasteiger partial charge is 0.227 e. The molecule has 2 aliphatic rings. The molecular formula is C11H20N2O. The van der Waals surface area contributed by atoms with Gasteiger partial charge in [-0.25, -0.2) is 0 Å². The summed E-state index contributed by atoms with van der Waals surface area (Å²) in [5.41, 5.74) is 5.44. The molecule has 2 aliphatic carbocycles. The van der Waals surface area contributed by atoms with Crippen LogP contribution in [0, 0.1) is 11.3 Å². The van der Waals surface area contributed by atoms with Gasteiger partial charge in [-0.05, 0) is 38.0 Å². The van der Waals surface area contributed by atoms with Crippen LogP contribution < -0.4 is 11.1 Å². The molecule has 2 atom stereocenters. The lowest BCUT2D eigenvalue weighted by atomic mass is 10.1. The molecule has 0 aromatic heterocycles. The Morgan fingerprint density at radius 1 is 1.50 bits per heavy atom. The van der Waals surface area contributed by atoms with E-state index < -0.39 is 0 Å². The average Bonchev–Trinajstić information content (AvgIpc) is 2.87. The molecule has 0 saturated heterocycles. The van der Waals surface area contributed by atoms with Gasteiger partial charge in [-0.15, -0.1) is 0 Å². The lowest BCUT2D eigenvalue weighted by molar-refractivity contribution is -0.126. The molecule has 3 nitrogen and oxygen atoms in total. The van der Waals surface area contributed by atoms with Gasteiger partial charge in [0.2, 0.25) is 5.91 Å². The SMILES string of the molecule is CC1CCC(NC(=O)C2(CN)CC2)C1. The number of amides is 1. The van der Waals surface area contributed by atoms with Gasteiger partial charge in [0.05, 0.1) is 5.41 Å². The summed E-state index contributed by atoms with van der Waals surface area (Å²) >= 11 is 0. The van der Waals surface area contributed by atoms with Crippen molar-refractivity contribution < 1.29 is 4.79 Å². The Balaban J connectivity index is 1.83. The molecular weight excluding hydrogens is 176 g/mol. The van der Waals surface area contributed by atoms with E-state index >= 15 is 0 Å². The normalized spacial score (nSPS) is 34.1. The Morgan fingerprint density at radius 2 is 2.21 bits per heavy atom. The predicted molar refractivity (Wildman–Crippen MR) is 55.7 cm³/mol. The zero-order chi connectivity index (χ0) is 10.2. The number of carbonyl (C=O) groups excluding carboxylic acids is 1. The van der Waals surface area contributed by atoms with Crippen LogP contribution in [0.15, 0.2) is 0 Å². The monoisotopic (exact) mass is 196 g/mol. The quantitative estimate of drug-likeness (QED) is 0.708. The Kier molecular flexibility index (Phi) is 2.52. The molecule has 0 heterocycles. The molecule has 0 aliphatic heterocycles. The maximum Gasteiger partial charge on any atom is 0.227 e. The van der Waals surface area contributed by atoms with E-state index in [4.69, 9.17) is 5.73 Å². The second-order valence-corrected chi connectivity index (χ2v) is 5.07. The maximum atomic E-state index is 11.8. The summed E-state index contributed by atoms with van der Waals surface area (Å²) < 4.78 is 0. The van der Waals surface area contributed by atoms with Crippen LogP contribution in [0.1, 0.15) is 39.0 Å². The summed E-state index contributed by atoms with van der Waals surface area (Å²) in [5.74, 6) is 0.979. The van der Waals surface area contributed by atoms with Gasteiger partial charge in [-0.2, -0.15) is 0 Å². The van der Waals surface area contributed by atoms with Crippen LogP contribution in [-0.4, -0.2) is 18.5 Å². The minimum Gasteiger partial charge on any atom is -0.353 e. The van der Waals surface area contributed by atoms with Crippen LogP contribution >= 0.6 is 0 Å². The van der Waals surface area contributed by atoms with Crippen molar-refractivity contribution in [3.8, 4) is 0 Å². The number of hydrogen-bond donors (Lipinski definition) is 2. The van der Waals surface area contributed by atoms with Crippen molar-refractivity contribution in [2.75, 3.05) is 6.54 Å². The molecule has 0 spiro atoms. The number of rotatable bonds is 3. The van der Waals surface area contributed by atoms with Gasteiger partial charge in [0.1, 0.15) is 0 Å². The molecule has 2 saturated carbocycles. The van der Waals surface area contributed by atoms with Crippen molar-refractivity contribution in [2.24, 2.45) is 17.1 Å². The van der Waals surface area contributed by atoms with Gasteiger partial charge in [-0.3, -0.25) is 4.79 Å². The van der Waals surface area contributed by atoms with Gasteiger partial charge >= 0.3 is 0 Å². The molecule has 0 aromatic rings. The van der Waals surface area contributed by atoms with Crippen LogP contribution in [0.2, 0.25) is 0 Å². The van der Waals surface area contributed by atoms with Crippen LogP contribution in [0.4, 0.5) is 0 Å². The van der Waals surface area contributed by atoms with Gasteiger partial charge < -0.3 is 11.1 Å².